The number of nitrogens with zero attached hydrogens (tertiary/aromatic N) is 2. The van der Waals surface area contributed by atoms with Gasteiger partial charge in [-0.2, -0.15) is 0 Å². The van der Waals surface area contributed by atoms with Gasteiger partial charge in [0.15, 0.2) is 0 Å². The van der Waals surface area contributed by atoms with Crippen molar-refractivity contribution in [3.63, 3.8) is 0 Å². The van der Waals surface area contributed by atoms with E-state index in [1.807, 2.05) is 27.9 Å². The minimum atomic E-state index is -0.102. The molecular formula is C25H31N3O3. The van der Waals surface area contributed by atoms with Crippen LogP contribution in [0, 0.1) is 13.8 Å². The van der Waals surface area contributed by atoms with E-state index in [-0.39, 0.29) is 11.9 Å². The van der Waals surface area contributed by atoms with E-state index >= 15 is 0 Å². The molecule has 3 rings (SSSR count). The van der Waals surface area contributed by atoms with Crippen molar-refractivity contribution in [3.05, 3.63) is 82.2 Å². The second-order valence-corrected chi connectivity index (χ2v) is 7.90. The first-order valence-corrected chi connectivity index (χ1v) is 10.6. The van der Waals surface area contributed by atoms with Crippen LogP contribution in [0.1, 0.15) is 51.5 Å². The minimum Gasteiger partial charge on any atom is -0.489 e. The van der Waals surface area contributed by atoms with Crippen LogP contribution < -0.4 is 10.1 Å². The summed E-state index contributed by atoms with van der Waals surface area (Å²) in [6.07, 6.45) is 1.02. The molecule has 0 aliphatic heterocycles. The lowest BCUT2D eigenvalue weighted by Crippen LogP contribution is -2.34. The number of benzene rings is 2. The standard InChI is InChI=1S/C25H31N3O3/c1-6-19-7-9-20(10-8-19)24(28(4)5)15-26-25(29)21-11-13-22(14-12-21)30-16-23-17(2)27-31-18(23)3/h7-14,24H,6,15-16H2,1-5H3,(H,26,29). The highest BCUT2D eigenvalue weighted by molar-refractivity contribution is 5.94. The number of carbonyl (C=O) groups excluding carboxylic acids is 1. The second-order valence-electron chi connectivity index (χ2n) is 7.90. The van der Waals surface area contributed by atoms with Crippen LogP contribution in [0.4, 0.5) is 0 Å². The molecular weight excluding hydrogens is 390 g/mol. The van der Waals surface area contributed by atoms with Crippen molar-refractivity contribution in [3.8, 4) is 5.75 Å². The van der Waals surface area contributed by atoms with E-state index < -0.39 is 0 Å². The molecule has 31 heavy (non-hydrogen) atoms. The first-order valence-electron chi connectivity index (χ1n) is 10.6. The molecule has 0 spiro atoms. The zero-order chi connectivity index (χ0) is 22.4. The van der Waals surface area contributed by atoms with E-state index in [0.29, 0.717) is 24.5 Å². The van der Waals surface area contributed by atoms with Crippen molar-refractivity contribution < 1.29 is 14.1 Å². The van der Waals surface area contributed by atoms with Crippen molar-refractivity contribution in [2.45, 2.75) is 39.8 Å². The molecule has 1 amide bonds. The number of rotatable bonds is 9. The predicted molar refractivity (Wildman–Crippen MR) is 121 cm³/mol. The summed E-state index contributed by atoms with van der Waals surface area (Å²) in [5.41, 5.74) is 4.87. The maximum absolute atomic E-state index is 12.7. The molecule has 0 saturated heterocycles. The molecule has 3 aromatic rings. The first kappa shape index (κ1) is 22.6. The number of hydrogen-bond donors (Lipinski definition) is 1. The number of carbonyl (C=O) groups is 1. The van der Waals surface area contributed by atoms with Gasteiger partial charge in [0, 0.05) is 12.1 Å². The highest BCUT2D eigenvalue weighted by Crippen LogP contribution is 2.20. The van der Waals surface area contributed by atoms with Gasteiger partial charge >= 0.3 is 0 Å². The lowest BCUT2D eigenvalue weighted by Gasteiger charge is -2.25. The highest BCUT2D eigenvalue weighted by Gasteiger charge is 2.16. The minimum absolute atomic E-state index is 0.102. The fourth-order valence-electron chi connectivity index (χ4n) is 3.43. The third-order valence-corrected chi connectivity index (χ3v) is 5.53. The molecule has 1 heterocycles. The van der Waals surface area contributed by atoms with Crippen LogP contribution in [0.25, 0.3) is 0 Å². The average molecular weight is 422 g/mol. The summed E-state index contributed by atoms with van der Waals surface area (Å²) in [6, 6.07) is 15.8. The average Bonchev–Trinajstić information content (AvgIpc) is 3.10. The summed E-state index contributed by atoms with van der Waals surface area (Å²) >= 11 is 0. The van der Waals surface area contributed by atoms with E-state index in [4.69, 9.17) is 9.26 Å². The topological polar surface area (TPSA) is 67.6 Å². The third-order valence-electron chi connectivity index (χ3n) is 5.53. The van der Waals surface area contributed by atoms with Crippen molar-refractivity contribution >= 4 is 5.91 Å². The third kappa shape index (κ3) is 5.73. The van der Waals surface area contributed by atoms with Crippen LogP contribution in [0.5, 0.6) is 5.75 Å². The first-order chi connectivity index (χ1) is 14.9. The summed E-state index contributed by atoms with van der Waals surface area (Å²) in [6.45, 7) is 6.81. The fourth-order valence-corrected chi connectivity index (χ4v) is 3.43. The summed E-state index contributed by atoms with van der Waals surface area (Å²) in [7, 11) is 4.05. The number of ether oxygens (including phenoxy) is 1. The maximum atomic E-state index is 12.7. The Bertz CT molecular complexity index is 972. The Morgan fingerprint density at radius 3 is 2.32 bits per heavy atom. The monoisotopic (exact) mass is 421 g/mol. The quantitative estimate of drug-likeness (QED) is 0.552. The molecule has 6 nitrogen and oxygen atoms in total. The van der Waals surface area contributed by atoms with Gasteiger partial charge in [-0.05, 0) is 69.8 Å². The predicted octanol–water partition coefficient (Wildman–Crippen LogP) is 4.47. The Morgan fingerprint density at radius 2 is 1.77 bits per heavy atom. The Labute approximate surface area is 184 Å². The SMILES string of the molecule is CCc1ccc(C(CNC(=O)c2ccc(OCc3c(C)noc3C)cc2)N(C)C)cc1. The molecule has 2 aromatic carbocycles. The molecule has 0 radical (unpaired) electrons. The van der Waals surface area contributed by atoms with Crippen LogP contribution in [-0.4, -0.2) is 36.6 Å². The van der Waals surface area contributed by atoms with Crippen molar-refractivity contribution in [2.24, 2.45) is 0 Å². The van der Waals surface area contributed by atoms with Crippen LogP contribution in [0.3, 0.4) is 0 Å². The Hall–Kier alpha value is -3.12. The molecule has 6 heteroatoms. The molecule has 1 atom stereocenters. The maximum Gasteiger partial charge on any atom is 0.251 e. The molecule has 0 fully saturated rings. The van der Waals surface area contributed by atoms with Gasteiger partial charge < -0.3 is 19.5 Å². The van der Waals surface area contributed by atoms with Crippen molar-refractivity contribution in [1.29, 1.82) is 0 Å². The fraction of sp³-hybridized carbons (Fsp3) is 0.360. The number of nitrogens with one attached hydrogen (secondary N) is 1. The van der Waals surface area contributed by atoms with E-state index in [1.54, 1.807) is 24.3 Å². The van der Waals surface area contributed by atoms with Crippen LogP contribution in [0.15, 0.2) is 53.1 Å². The summed E-state index contributed by atoms with van der Waals surface area (Å²) in [5, 5.41) is 6.99. The zero-order valence-corrected chi connectivity index (χ0v) is 18.9. The highest BCUT2D eigenvalue weighted by atomic mass is 16.5. The summed E-state index contributed by atoms with van der Waals surface area (Å²) in [5.74, 6) is 1.35. The molecule has 0 aliphatic carbocycles. The molecule has 1 aromatic heterocycles. The Morgan fingerprint density at radius 1 is 1.10 bits per heavy atom. The number of amides is 1. The van der Waals surface area contributed by atoms with E-state index in [0.717, 1.165) is 23.4 Å². The van der Waals surface area contributed by atoms with Gasteiger partial charge in [0.05, 0.1) is 17.3 Å². The molecule has 0 saturated carbocycles. The van der Waals surface area contributed by atoms with Crippen molar-refractivity contribution in [1.82, 2.24) is 15.4 Å². The van der Waals surface area contributed by atoms with Gasteiger partial charge in [-0.3, -0.25) is 4.79 Å². The van der Waals surface area contributed by atoms with E-state index in [1.165, 1.54) is 11.1 Å². The van der Waals surface area contributed by atoms with Gasteiger partial charge in [-0.1, -0.05) is 36.3 Å². The lowest BCUT2D eigenvalue weighted by atomic mass is 10.0. The van der Waals surface area contributed by atoms with Crippen molar-refractivity contribution in [2.75, 3.05) is 20.6 Å². The Kier molecular flexibility index (Phi) is 7.47. The van der Waals surface area contributed by atoms with Gasteiger partial charge in [0.25, 0.3) is 5.91 Å². The lowest BCUT2D eigenvalue weighted by molar-refractivity contribution is 0.0942. The molecule has 1 N–H and O–H groups in total. The number of hydrogen-bond acceptors (Lipinski definition) is 5. The van der Waals surface area contributed by atoms with Crippen LogP contribution >= 0.6 is 0 Å². The van der Waals surface area contributed by atoms with E-state index in [2.05, 4.69) is 46.6 Å². The van der Waals surface area contributed by atoms with Gasteiger partial charge in [-0.15, -0.1) is 0 Å². The molecule has 164 valence electrons. The summed E-state index contributed by atoms with van der Waals surface area (Å²) in [4.78, 5) is 14.8. The van der Waals surface area contributed by atoms with Crippen LogP contribution in [0.2, 0.25) is 0 Å². The van der Waals surface area contributed by atoms with Gasteiger partial charge in [0.1, 0.15) is 18.1 Å². The number of aromatic nitrogens is 1. The van der Waals surface area contributed by atoms with Crippen LogP contribution in [-0.2, 0) is 13.0 Å². The summed E-state index contributed by atoms with van der Waals surface area (Å²) < 4.78 is 11.0. The Balaban J connectivity index is 1.57. The van der Waals surface area contributed by atoms with E-state index in [9.17, 15) is 4.79 Å². The van der Waals surface area contributed by atoms with Gasteiger partial charge in [0.2, 0.25) is 0 Å². The smallest absolute Gasteiger partial charge is 0.251 e. The molecule has 0 aliphatic rings. The normalized spacial score (nSPS) is 12.1. The molecule has 0 bridgehead atoms. The second kappa shape index (κ2) is 10.3. The zero-order valence-electron chi connectivity index (χ0n) is 18.9. The largest absolute Gasteiger partial charge is 0.489 e. The molecule has 1 unspecified atom stereocenters. The van der Waals surface area contributed by atoms with Gasteiger partial charge in [-0.25, -0.2) is 0 Å². The number of likely N-dealkylation sites (N-methyl/N-ethyl adjacent to an activating group) is 1. The number of aryl methyl sites for hydroxylation is 3.